The van der Waals surface area contributed by atoms with Crippen LogP contribution >= 0.6 is 0 Å². The predicted molar refractivity (Wildman–Crippen MR) is 88.1 cm³/mol. The summed E-state index contributed by atoms with van der Waals surface area (Å²) in [7, 11) is 1.48. The molecule has 2 amide bonds. The lowest BCUT2D eigenvalue weighted by Crippen LogP contribution is -2.35. The number of nitrogens with zero attached hydrogens (tertiary/aromatic N) is 2. The number of fused-ring (bicyclic) bond motifs is 1. The summed E-state index contributed by atoms with van der Waals surface area (Å²) < 4.78 is 13.7. The highest BCUT2D eigenvalue weighted by atomic mass is 19.1. The number of hydrogen-bond acceptors (Lipinski definition) is 3. The Morgan fingerprint density at radius 1 is 1.25 bits per heavy atom. The van der Waals surface area contributed by atoms with Gasteiger partial charge in [-0.25, -0.2) is 9.37 Å². The first-order chi connectivity index (χ1) is 11.5. The van der Waals surface area contributed by atoms with Crippen LogP contribution in [-0.2, 0) is 4.79 Å². The van der Waals surface area contributed by atoms with Crippen LogP contribution in [0.4, 0.5) is 10.1 Å². The van der Waals surface area contributed by atoms with Crippen LogP contribution in [0.3, 0.4) is 0 Å². The second kappa shape index (κ2) is 6.49. The van der Waals surface area contributed by atoms with Crippen molar-refractivity contribution in [1.82, 2.24) is 14.9 Å². The molecule has 1 heterocycles. The minimum atomic E-state index is -0.544. The van der Waals surface area contributed by atoms with Crippen molar-refractivity contribution in [1.29, 1.82) is 0 Å². The topological polar surface area (TPSA) is 78.1 Å². The molecule has 2 N–H and O–H groups in total. The monoisotopic (exact) mass is 326 g/mol. The number of para-hydroxylation sites is 1. The lowest BCUT2D eigenvalue weighted by molar-refractivity contribution is -0.116. The molecular formula is C17H15FN4O2. The van der Waals surface area contributed by atoms with E-state index in [0.717, 1.165) is 6.07 Å². The molecule has 3 rings (SSSR count). The van der Waals surface area contributed by atoms with Gasteiger partial charge < -0.3 is 15.2 Å². The average molecular weight is 326 g/mol. The number of anilines is 1. The third-order valence-electron chi connectivity index (χ3n) is 3.50. The van der Waals surface area contributed by atoms with E-state index >= 15 is 0 Å². The van der Waals surface area contributed by atoms with Crippen molar-refractivity contribution in [3.8, 4) is 0 Å². The Kier molecular flexibility index (Phi) is 4.24. The van der Waals surface area contributed by atoms with Gasteiger partial charge in [0.15, 0.2) is 0 Å². The van der Waals surface area contributed by atoms with Gasteiger partial charge in [0.1, 0.15) is 11.3 Å². The molecule has 0 saturated heterocycles. The molecule has 1 aromatic heterocycles. The zero-order chi connectivity index (χ0) is 17.1. The third kappa shape index (κ3) is 3.24. The second-order valence-electron chi connectivity index (χ2n) is 5.33. The maximum Gasteiger partial charge on any atom is 0.256 e. The molecule has 0 unspecified atom stereocenters. The second-order valence-corrected chi connectivity index (χ2v) is 5.33. The van der Waals surface area contributed by atoms with Crippen molar-refractivity contribution in [2.75, 3.05) is 18.9 Å². The Morgan fingerprint density at radius 2 is 2.00 bits per heavy atom. The van der Waals surface area contributed by atoms with Crippen LogP contribution in [0.15, 0.2) is 48.8 Å². The van der Waals surface area contributed by atoms with E-state index in [1.165, 1.54) is 24.3 Å². The molecular weight excluding hydrogens is 311 g/mol. The smallest absolute Gasteiger partial charge is 0.256 e. The summed E-state index contributed by atoms with van der Waals surface area (Å²) in [4.78, 5) is 32.6. The average Bonchev–Trinajstić information content (AvgIpc) is 3.02. The first-order valence-electron chi connectivity index (χ1n) is 7.27. The van der Waals surface area contributed by atoms with E-state index in [2.05, 4.69) is 15.3 Å². The van der Waals surface area contributed by atoms with Gasteiger partial charge >= 0.3 is 0 Å². The Balaban J connectivity index is 1.74. The fourth-order valence-corrected chi connectivity index (χ4v) is 2.39. The van der Waals surface area contributed by atoms with Crippen LogP contribution in [-0.4, -0.2) is 40.3 Å². The van der Waals surface area contributed by atoms with Crippen molar-refractivity contribution in [2.45, 2.75) is 0 Å². The van der Waals surface area contributed by atoms with E-state index in [0.29, 0.717) is 16.7 Å². The number of benzene rings is 2. The van der Waals surface area contributed by atoms with Gasteiger partial charge in [-0.1, -0.05) is 18.2 Å². The molecule has 0 aliphatic rings. The van der Waals surface area contributed by atoms with Crippen molar-refractivity contribution < 1.29 is 14.0 Å². The van der Waals surface area contributed by atoms with Gasteiger partial charge in [0, 0.05) is 12.7 Å². The molecule has 0 atom stereocenters. The number of nitrogens with one attached hydrogen (secondary N) is 2. The Bertz CT molecular complexity index is 892. The first-order valence-corrected chi connectivity index (χ1v) is 7.27. The molecule has 0 bridgehead atoms. The highest BCUT2D eigenvalue weighted by molar-refractivity contribution is 6.06. The standard InChI is InChI=1S/C17H15FN4O2/c1-22(9-15(23)21-12-5-3-2-4-6-12)17(24)13-7-11(18)8-14-16(13)20-10-19-14/h2-8,10H,9H2,1H3,(H,19,20)(H,21,23). The lowest BCUT2D eigenvalue weighted by atomic mass is 10.1. The molecule has 0 spiro atoms. The SMILES string of the molecule is CN(CC(=O)Nc1ccccc1)C(=O)c1cc(F)cc2[nH]cnc12. The minimum Gasteiger partial charge on any atom is -0.344 e. The maximum atomic E-state index is 13.7. The molecule has 122 valence electrons. The molecule has 0 saturated carbocycles. The predicted octanol–water partition coefficient (Wildman–Crippen LogP) is 2.41. The van der Waals surface area contributed by atoms with Crippen LogP contribution in [0, 0.1) is 5.82 Å². The van der Waals surface area contributed by atoms with Gasteiger partial charge in [-0.3, -0.25) is 9.59 Å². The number of aromatic amines is 1. The van der Waals surface area contributed by atoms with Gasteiger partial charge in [0.25, 0.3) is 5.91 Å². The first kappa shape index (κ1) is 15.7. The zero-order valence-corrected chi connectivity index (χ0v) is 12.9. The maximum absolute atomic E-state index is 13.7. The number of imidazole rings is 1. The summed E-state index contributed by atoms with van der Waals surface area (Å²) in [5.41, 5.74) is 1.56. The van der Waals surface area contributed by atoms with Crippen LogP contribution < -0.4 is 5.32 Å². The Labute approximate surface area is 137 Å². The number of carbonyl (C=O) groups is 2. The zero-order valence-electron chi connectivity index (χ0n) is 12.9. The van der Waals surface area contributed by atoms with Crippen LogP contribution in [0.25, 0.3) is 11.0 Å². The summed E-state index contributed by atoms with van der Waals surface area (Å²) in [5, 5.41) is 2.69. The van der Waals surface area contributed by atoms with E-state index in [9.17, 15) is 14.0 Å². The molecule has 7 heteroatoms. The van der Waals surface area contributed by atoms with Crippen molar-refractivity contribution in [2.24, 2.45) is 0 Å². The molecule has 0 aliphatic heterocycles. The van der Waals surface area contributed by atoms with Gasteiger partial charge in [-0.2, -0.15) is 0 Å². The normalized spacial score (nSPS) is 10.6. The van der Waals surface area contributed by atoms with Crippen LogP contribution in [0.1, 0.15) is 10.4 Å². The van der Waals surface area contributed by atoms with Gasteiger partial charge in [0.2, 0.25) is 5.91 Å². The Hall–Kier alpha value is -3.22. The fraction of sp³-hybridized carbons (Fsp3) is 0.118. The quantitative estimate of drug-likeness (QED) is 0.773. The number of rotatable bonds is 4. The summed E-state index contributed by atoms with van der Waals surface area (Å²) in [6.45, 7) is -0.157. The highest BCUT2D eigenvalue weighted by Crippen LogP contribution is 2.18. The highest BCUT2D eigenvalue weighted by Gasteiger charge is 2.19. The number of hydrogen-bond donors (Lipinski definition) is 2. The van der Waals surface area contributed by atoms with Crippen LogP contribution in [0.2, 0.25) is 0 Å². The molecule has 0 radical (unpaired) electrons. The van der Waals surface area contributed by atoms with Crippen molar-refractivity contribution in [3.63, 3.8) is 0 Å². The van der Waals surface area contributed by atoms with E-state index in [1.54, 1.807) is 24.3 Å². The number of H-pyrrole nitrogens is 1. The number of amides is 2. The molecule has 24 heavy (non-hydrogen) atoms. The number of halogens is 1. The van der Waals surface area contributed by atoms with Gasteiger partial charge in [-0.05, 0) is 24.3 Å². The summed E-state index contributed by atoms with van der Waals surface area (Å²) in [6, 6.07) is 11.3. The van der Waals surface area contributed by atoms with E-state index in [4.69, 9.17) is 0 Å². The Morgan fingerprint density at radius 3 is 2.75 bits per heavy atom. The molecule has 0 fully saturated rings. The summed E-state index contributed by atoms with van der Waals surface area (Å²) >= 11 is 0. The summed E-state index contributed by atoms with van der Waals surface area (Å²) in [5.74, 6) is -1.36. The summed E-state index contributed by atoms with van der Waals surface area (Å²) in [6.07, 6.45) is 1.39. The number of aromatic nitrogens is 2. The number of carbonyl (C=O) groups excluding carboxylic acids is 2. The van der Waals surface area contributed by atoms with Crippen molar-refractivity contribution >= 4 is 28.5 Å². The molecule has 0 aliphatic carbocycles. The van der Waals surface area contributed by atoms with E-state index in [1.807, 2.05) is 6.07 Å². The molecule has 6 nitrogen and oxygen atoms in total. The van der Waals surface area contributed by atoms with Gasteiger partial charge in [0.05, 0.1) is 24.0 Å². The third-order valence-corrected chi connectivity index (χ3v) is 3.50. The van der Waals surface area contributed by atoms with E-state index < -0.39 is 11.7 Å². The van der Waals surface area contributed by atoms with Crippen LogP contribution in [0.5, 0.6) is 0 Å². The van der Waals surface area contributed by atoms with E-state index in [-0.39, 0.29) is 18.0 Å². The number of likely N-dealkylation sites (N-methyl/N-ethyl adjacent to an activating group) is 1. The molecule has 3 aromatic rings. The minimum absolute atomic E-state index is 0.112. The molecule has 2 aromatic carbocycles. The van der Waals surface area contributed by atoms with Gasteiger partial charge in [-0.15, -0.1) is 0 Å². The lowest BCUT2D eigenvalue weighted by Gasteiger charge is -2.17. The largest absolute Gasteiger partial charge is 0.344 e. The fourth-order valence-electron chi connectivity index (χ4n) is 2.39. The van der Waals surface area contributed by atoms with Crippen molar-refractivity contribution in [3.05, 3.63) is 60.2 Å².